The van der Waals surface area contributed by atoms with Gasteiger partial charge in [-0.25, -0.2) is 0 Å². The fourth-order valence-electron chi connectivity index (χ4n) is 5.14. The molecule has 0 spiro atoms. The number of carbonyl (C=O) groups excluding carboxylic acids is 2. The molecule has 0 aliphatic carbocycles. The molecule has 0 fully saturated rings. The summed E-state index contributed by atoms with van der Waals surface area (Å²) in [7, 11) is 0. The molecule has 0 aliphatic heterocycles. The minimum Gasteiger partial charge on any atom is -0.462 e. The first-order chi connectivity index (χ1) is 22.6. The van der Waals surface area contributed by atoms with Gasteiger partial charge in [-0.1, -0.05) is 141 Å². The zero-order chi connectivity index (χ0) is 34.0. The smallest absolute Gasteiger partial charge is 0.305 e. The Hall–Kier alpha value is -1.66. The molecular formula is C40H76O6. The summed E-state index contributed by atoms with van der Waals surface area (Å²) < 4.78 is 10.4. The highest BCUT2D eigenvalue weighted by Crippen LogP contribution is 2.12. The minimum absolute atomic E-state index is 0.125. The Morgan fingerprint density at radius 3 is 0.957 bits per heavy atom. The van der Waals surface area contributed by atoms with Gasteiger partial charge in [0.25, 0.3) is 0 Å². The highest BCUT2D eigenvalue weighted by Gasteiger charge is 2.05. The van der Waals surface area contributed by atoms with Gasteiger partial charge in [-0.3, -0.25) is 9.59 Å². The predicted octanol–water partition coefficient (Wildman–Crippen LogP) is 11.1. The maximum absolute atomic E-state index is 11.9. The Labute approximate surface area is 285 Å². The lowest BCUT2D eigenvalue weighted by molar-refractivity contribution is -0.152. The number of hydrogen-bond donors (Lipinski definition) is 2. The molecule has 0 amide bonds. The maximum Gasteiger partial charge on any atom is 0.305 e. The third-order valence-corrected chi connectivity index (χ3v) is 7.99. The van der Waals surface area contributed by atoms with Crippen molar-refractivity contribution >= 4 is 11.9 Å². The standard InChI is InChI=1S/C38H70O4.C2H6O2/c1-3-5-7-9-11-13-15-17-19-21-23-25-27-29-31-33-37(39)41-35-36-42-38(40)34-32-30-28-26-24-22-20-18-16-14-12-10-8-6-4-2;3-1-2-4/h17-20H,3-16,21-36H2,1-2H3;3-4H,1-2H2/b19-17-,20-18-;. The van der Waals surface area contributed by atoms with Crippen LogP contribution in [-0.2, 0) is 19.1 Å². The van der Waals surface area contributed by atoms with Gasteiger partial charge in [-0.2, -0.15) is 0 Å². The summed E-state index contributed by atoms with van der Waals surface area (Å²) in [5, 5.41) is 15.2. The second-order valence-electron chi connectivity index (χ2n) is 12.6. The third-order valence-electron chi connectivity index (χ3n) is 7.99. The van der Waals surface area contributed by atoms with Crippen molar-refractivity contribution in [1.29, 1.82) is 0 Å². The first-order valence-corrected chi connectivity index (χ1v) is 19.4. The summed E-state index contributed by atoms with van der Waals surface area (Å²) in [5.41, 5.74) is 0. The number of rotatable bonds is 34. The molecule has 0 bridgehead atoms. The Kier molecular flexibility index (Phi) is 43.8. The first-order valence-electron chi connectivity index (χ1n) is 19.4. The van der Waals surface area contributed by atoms with Gasteiger partial charge in [0.1, 0.15) is 13.2 Å². The van der Waals surface area contributed by atoms with Gasteiger partial charge in [-0.05, 0) is 64.2 Å². The zero-order valence-electron chi connectivity index (χ0n) is 30.5. The van der Waals surface area contributed by atoms with Crippen molar-refractivity contribution in [3.8, 4) is 0 Å². The van der Waals surface area contributed by atoms with Crippen molar-refractivity contribution in [1.82, 2.24) is 0 Å². The van der Waals surface area contributed by atoms with Crippen LogP contribution >= 0.6 is 0 Å². The predicted molar refractivity (Wildman–Crippen MR) is 195 cm³/mol. The summed E-state index contributed by atoms with van der Waals surface area (Å²) in [5.74, 6) is -0.359. The molecule has 0 saturated carbocycles. The van der Waals surface area contributed by atoms with Crippen LogP contribution in [0.5, 0.6) is 0 Å². The molecule has 272 valence electrons. The van der Waals surface area contributed by atoms with Crippen LogP contribution in [0.25, 0.3) is 0 Å². The van der Waals surface area contributed by atoms with E-state index in [-0.39, 0.29) is 38.4 Å². The van der Waals surface area contributed by atoms with E-state index >= 15 is 0 Å². The molecule has 0 rings (SSSR count). The summed E-state index contributed by atoms with van der Waals surface area (Å²) in [6.07, 6.45) is 42.7. The van der Waals surface area contributed by atoms with Crippen LogP contribution in [0.2, 0.25) is 0 Å². The van der Waals surface area contributed by atoms with E-state index in [1.165, 1.54) is 141 Å². The van der Waals surface area contributed by atoms with Crippen LogP contribution in [0.3, 0.4) is 0 Å². The van der Waals surface area contributed by atoms with Crippen molar-refractivity contribution in [3.05, 3.63) is 24.3 Å². The molecule has 2 N–H and O–H groups in total. The molecule has 0 unspecified atom stereocenters. The normalized spacial score (nSPS) is 11.2. The van der Waals surface area contributed by atoms with Gasteiger partial charge < -0.3 is 19.7 Å². The van der Waals surface area contributed by atoms with E-state index in [4.69, 9.17) is 19.7 Å². The van der Waals surface area contributed by atoms with Crippen LogP contribution in [0.1, 0.15) is 194 Å². The molecule has 0 aromatic carbocycles. The molecule has 46 heavy (non-hydrogen) atoms. The summed E-state index contributed by atoms with van der Waals surface area (Å²) >= 11 is 0. The number of allylic oxidation sites excluding steroid dienone is 4. The largest absolute Gasteiger partial charge is 0.462 e. The number of unbranched alkanes of at least 4 members (excludes halogenated alkanes) is 22. The second-order valence-corrected chi connectivity index (χ2v) is 12.6. The number of aliphatic hydroxyl groups is 2. The Morgan fingerprint density at radius 1 is 0.413 bits per heavy atom. The number of esters is 2. The summed E-state index contributed by atoms with van der Waals surface area (Å²) in [6, 6.07) is 0. The molecule has 6 heteroatoms. The monoisotopic (exact) mass is 653 g/mol. The van der Waals surface area contributed by atoms with E-state index in [0.29, 0.717) is 12.8 Å². The lowest BCUT2D eigenvalue weighted by atomic mass is 10.1. The maximum atomic E-state index is 11.9. The highest BCUT2D eigenvalue weighted by molar-refractivity contribution is 5.70. The van der Waals surface area contributed by atoms with E-state index in [2.05, 4.69) is 38.2 Å². The van der Waals surface area contributed by atoms with Crippen LogP contribution in [-0.4, -0.2) is 48.6 Å². The lowest BCUT2D eigenvalue weighted by Gasteiger charge is -2.07. The van der Waals surface area contributed by atoms with Crippen molar-refractivity contribution in [2.75, 3.05) is 26.4 Å². The lowest BCUT2D eigenvalue weighted by Crippen LogP contribution is -2.13. The minimum atomic E-state index is -0.180. The van der Waals surface area contributed by atoms with E-state index in [1.54, 1.807) is 0 Å². The van der Waals surface area contributed by atoms with Crippen LogP contribution in [0.4, 0.5) is 0 Å². The second kappa shape index (κ2) is 43.3. The Bertz CT molecular complexity index is 604. The van der Waals surface area contributed by atoms with Crippen molar-refractivity contribution < 1.29 is 29.3 Å². The average Bonchev–Trinajstić information content (AvgIpc) is 3.06. The molecule has 6 nitrogen and oxygen atoms in total. The van der Waals surface area contributed by atoms with Gasteiger partial charge >= 0.3 is 11.9 Å². The van der Waals surface area contributed by atoms with Crippen LogP contribution < -0.4 is 0 Å². The van der Waals surface area contributed by atoms with E-state index in [0.717, 1.165) is 25.7 Å². The average molecular weight is 653 g/mol. The van der Waals surface area contributed by atoms with Gasteiger partial charge in [0.2, 0.25) is 0 Å². The third kappa shape index (κ3) is 44.5. The topological polar surface area (TPSA) is 93.1 Å². The quantitative estimate of drug-likeness (QED) is 0.0408. The number of ether oxygens (including phenoxy) is 2. The van der Waals surface area contributed by atoms with Crippen molar-refractivity contribution in [2.24, 2.45) is 0 Å². The Morgan fingerprint density at radius 2 is 0.674 bits per heavy atom. The van der Waals surface area contributed by atoms with Gasteiger partial charge in [-0.15, -0.1) is 0 Å². The SMILES string of the molecule is CCCCCCCC/C=C\CCCCCCCC(=O)OCCOC(=O)CCCCCCC/C=C\CCCCCCCC.OCCO. The first kappa shape index (κ1) is 46.5. The van der Waals surface area contributed by atoms with E-state index in [9.17, 15) is 9.59 Å². The molecule has 0 atom stereocenters. The van der Waals surface area contributed by atoms with Gasteiger partial charge in [0.15, 0.2) is 0 Å². The van der Waals surface area contributed by atoms with Crippen molar-refractivity contribution in [2.45, 2.75) is 194 Å². The molecule has 0 radical (unpaired) electrons. The van der Waals surface area contributed by atoms with E-state index in [1.807, 2.05) is 0 Å². The van der Waals surface area contributed by atoms with Crippen LogP contribution in [0.15, 0.2) is 24.3 Å². The molecule has 0 aromatic rings. The van der Waals surface area contributed by atoms with Gasteiger partial charge in [0.05, 0.1) is 13.2 Å². The summed E-state index contributed by atoms with van der Waals surface area (Å²) in [6.45, 7) is 4.62. The summed E-state index contributed by atoms with van der Waals surface area (Å²) in [4.78, 5) is 23.7. The number of carbonyl (C=O) groups is 2. The fourth-order valence-corrected chi connectivity index (χ4v) is 5.14. The zero-order valence-corrected chi connectivity index (χ0v) is 30.5. The number of aliphatic hydroxyl groups excluding tert-OH is 2. The highest BCUT2D eigenvalue weighted by atomic mass is 16.6. The van der Waals surface area contributed by atoms with E-state index < -0.39 is 0 Å². The Balaban J connectivity index is 0. The van der Waals surface area contributed by atoms with Gasteiger partial charge in [0, 0.05) is 12.8 Å². The molecule has 0 aliphatic rings. The fraction of sp³-hybridized carbons (Fsp3) is 0.850. The number of hydrogen-bond acceptors (Lipinski definition) is 6. The molecule has 0 heterocycles. The van der Waals surface area contributed by atoms with Crippen LogP contribution in [0, 0.1) is 0 Å². The van der Waals surface area contributed by atoms with Crippen molar-refractivity contribution in [3.63, 3.8) is 0 Å². The molecule has 0 aromatic heterocycles. The molecular weight excluding hydrogens is 576 g/mol. The molecule has 0 saturated heterocycles.